The normalized spacial score (nSPS) is 11.1. The third-order valence-electron chi connectivity index (χ3n) is 2.37. The van der Waals surface area contributed by atoms with Crippen LogP contribution in [0.5, 0.6) is 6.01 Å². The van der Waals surface area contributed by atoms with Gasteiger partial charge in [-0.25, -0.2) is 5.84 Å². The topological polar surface area (TPSA) is 98.0 Å². The molecule has 0 aliphatic heterocycles. The van der Waals surface area contributed by atoms with Crippen LogP contribution in [0.4, 0.5) is 30.8 Å². The number of hydrazine groups is 1. The van der Waals surface area contributed by atoms with Gasteiger partial charge in [0.25, 0.3) is 0 Å². The number of anilines is 3. The minimum atomic E-state index is -4.43. The zero-order valence-corrected chi connectivity index (χ0v) is 10.8. The van der Waals surface area contributed by atoms with Crippen molar-refractivity contribution < 1.29 is 17.9 Å². The van der Waals surface area contributed by atoms with Crippen molar-refractivity contribution >= 4 is 17.6 Å². The maximum atomic E-state index is 12.6. The Hall–Kier alpha value is -2.62. The number of nitrogens with zero attached hydrogens (tertiary/aromatic N) is 3. The first kappa shape index (κ1) is 14.8. The fourth-order valence-electron chi connectivity index (χ4n) is 1.47. The van der Waals surface area contributed by atoms with Crippen LogP contribution in [0.15, 0.2) is 24.3 Å². The van der Waals surface area contributed by atoms with E-state index in [1.807, 2.05) is 0 Å². The summed E-state index contributed by atoms with van der Waals surface area (Å²) in [6, 6.07) is 4.58. The molecular weight excluding hydrogens is 289 g/mol. The number of nitrogens with two attached hydrogens (primary N) is 1. The van der Waals surface area contributed by atoms with E-state index < -0.39 is 11.7 Å². The Kier molecular flexibility index (Phi) is 4.08. The molecule has 21 heavy (non-hydrogen) atoms. The van der Waals surface area contributed by atoms with Crippen LogP contribution in [-0.2, 0) is 6.18 Å². The van der Waals surface area contributed by atoms with E-state index in [1.54, 1.807) is 0 Å². The van der Waals surface area contributed by atoms with Gasteiger partial charge in [-0.05, 0) is 18.2 Å². The first-order chi connectivity index (χ1) is 9.92. The lowest BCUT2D eigenvalue weighted by Gasteiger charge is -2.10. The van der Waals surface area contributed by atoms with Crippen molar-refractivity contribution in [3.8, 4) is 6.01 Å². The van der Waals surface area contributed by atoms with Crippen molar-refractivity contribution in [1.82, 2.24) is 15.0 Å². The van der Waals surface area contributed by atoms with Crippen LogP contribution >= 0.6 is 0 Å². The summed E-state index contributed by atoms with van der Waals surface area (Å²) in [6.45, 7) is 0. The molecule has 0 saturated heterocycles. The number of aromatic nitrogens is 3. The predicted octanol–water partition coefficient (Wildman–Crippen LogP) is 1.93. The molecule has 0 fully saturated rings. The largest absolute Gasteiger partial charge is 0.467 e. The van der Waals surface area contributed by atoms with Crippen molar-refractivity contribution in [1.29, 1.82) is 0 Å². The molecule has 7 nitrogen and oxygen atoms in total. The zero-order valence-electron chi connectivity index (χ0n) is 10.8. The lowest BCUT2D eigenvalue weighted by molar-refractivity contribution is -0.137. The molecule has 0 aliphatic rings. The van der Waals surface area contributed by atoms with E-state index in [1.165, 1.54) is 19.2 Å². The van der Waals surface area contributed by atoms with E-state index in [0.29, 0.717) is 0 Å². The number of ether oxygens (including phenoxy) is 1. The summed E-state index contributed by atoms with van der Waals surface area (Å²) in [5.74, 6) is 5.19. The zero-order chi connectivity index (χ0) is 15.5. The Morgan fingerprint density at radius 2 is 1.86 bits per heavy atom. The summed E-state index contributed by atoms with van der Waals surface area (Å²) >= 11 is 0. The minimum Gasteiger partial charge on any atom is -0.467 e. The average molecular weight is 300 g/mol. The molecule has 2 rings (SSSR count). The highest BCUT2D eigenvalue weighted by atomic mass is 19.4. The minimum absolute atomic E-state index is 0.00544. The van der Waals surface area contributed by atoms with E-state index in [0.717, 1.165) is 12.1 Å². The maximum Gasteiger partial charge on any atom is 0.416 e. The highest BCUT2D eigenvalue weighted by molar-refractivity contribution is 5.55. The van der Waals surface area contributed by atoms with Crippen LogP contribution in [0.3, 0.4) is 0 Å². The molecule has 2 aromatic rings. The van der Waals surface area contributed by atoms with Gasteiger partial charge in [-0.3, -0.25) is 5.43 Å². The smallest absolute Gasteiger partial charge is 0.416 e. The number of nitrogen functional groups attached to an aromatic ring is 1. The monoisotopic (exact) mass is 300 g/mol. The molecule has 1 heterocycles. The van der Waals surface area contributed by atoms with Gasteiger partial charge in [0, 0.05) is 5.69 Å². The van der Waals surface area contributed by atoms with Crippen molar-refractivity contribution in [3.05, 3.63) is 29.8 Å². The van der Waals surface area contributed by atoms with Crippen LogP contribution in [-0.4, -0.2) is 22.1 Å². The fraction of sp³-hybridized carbons (Fsp3) is 0.182. The van der Waals surface area contributed by atoms with Gasteiger partial charge in [0.2, 0.25) is 11.9 Å². The summed E-state index contributed by atoms with van der Waals surface area (Å²) in [6.07, 6.45) is -4.43. The summed E-state index contributed by atoms with van der Waals surface area (Å²) in [4.78, 5) is 11.5. The predicted molar refractivity (Wildman–Crippen MR) is 68.9 cm³/mol. The van der Waals surface area contributed by atoms with Gasteiger partial charge in [0.05, 0.1) is 12.7 Å². The Morgan fingerprint density at radius 3 is 2.48 bits per heavy atom. The number of benzene rings is 1. The number of nitrogens with one attached hydrogen (secondary N) is 2. The second-order valence-electron chi connectivity index (χ2n) is 3.82. The second-order valence-corrected chi connectivity index (χ2v) is 3.82. The molecule has 1 aromatic carbocycles. The number of alkyl halides is 3. The first-order valence-corrected chi connectivity index (χ1v) is 5.63. The van der Waals surface area contributed by atoms with E-state index in [4.69, 9.17) is 10.6 Å². The molecule has 4 N–H and O–H groups in total. The summed E-state index contributed by atoms with van der Waals surface area (Å²) < 4.78 is 42.7. The molecule has 1 aromatic heterocycles. The Bertz CT molecular complexity index is 611. The van der Waals surface area contributed by atoms with Crippen LogP contribution in [0.2, 0.25) is 0 Å². The third-order valence-corrected chi connectivity index (χ3v) is 2.37. The molecule has 0 amide bonds. The van der Waals surface area contributed by atoms with Gasteiger partial charge >= 0.3 is 12.2 Å². The van der Waals surface area contributed by atoms with E-state index in [-0.39, 0.29) is 23.6 Å². The molecule has 0 spiro atoms. The highest BCUT2D eigenvalue weighted by Gasteiger charge is 2.30. The molecule has 0 bridgehead atoms. The fourth-order valence-corrected chi connectivity index (χ4v) is 1.47. The van der Waals surface area contributed by atoms with Gasteiger partial charge in [0.15, 0.2) is 0 Å². The van der Waals surface area contributed by atoms with Gasteiger partial charge in [-0.1, -0.05) is 6.07 Å². The number of halogens is 3. The van der Waals surface area contributed by atoms with Gasteiger partial charge < -0.3 is 10.1 Å². The number of rotatable bonds is 4. The Labute approximate surface area is 117 Å². The van der Waals surface area contributed by atoms with Crippen molar-refractivity contribution in [2.75, 3.05) is 17.9 Å². The lowest BCUT2D eigenvalue weighted by atomic mass is 10.2. The standard InChI is InChI=1S/C11H11F3N6O/c1-21-10-18-8(17-9(19-10)20-15)16-7-4-2-3-6(5-7)11(12,13)14/h2-5H,15H2,1H3,(H2,16,17,18,19,20). The highest BCUT2D eigenvalue weighted by Crippen LogP contribution is 2.31. The van der Waals surface area contributed by atoms with Crippen LogP contribution in [0.25, 0.3) is 0 Å². The lowest BCUT2D eigenvalue weighted by Crippen LogP contribution is -2.13. The van der Waals surface area contributed by atoms with E-state index in [9.17, 15) is 13.2 Å². The van der Waals surface area contributed by atoms with Crippen LogP contribution in [0.1, 0.15) is 5.56 Å². The molecule has 0 radical (unpaired) electrons. The quantitative estimate of drug-likeness (QED) is 0.586. The second kappa shape index (κ2) is 5.79. The maximum absolute atomic E-state index is 12.6. The summed E-state index contributed by atoms with van der Waals surface area (Å²) in [5, 5.41) is 2.63. The van der Waals surface area contributed by atoms with E-state index >= 15 is 0 Å². The van der Waals surface area contributed by atoms with Crippen molar-refractivity contribution in [2.24, 2.45) is 5.84 Å². The van der Waals surface area contributed by atoms with E-state index in [2.05, 4.69) is 25.7 Å². The molecule has 0 aliphatic carbocycles. The van der Waals surface area contributed by atoms with Crippen LogP contribution in [0, 0.1) is 0 Å². The SMILES string of the molecule is COc1nc(NN)nc(Nc2cccc(C(F)(F)F)c2)n1. The summed E-state index contributed by atoms with van der Waals surface area (Å²) in [7, 11) is 1.34. The number of hydrogen-bond acceptors (Lipinski definition) is 7. The van der Waals surface area contributed by atoms with Gasteiger partial charge in [-0.2, -0.15) is 28.1 Å². The molecular formula is C11H11F3N6O. The molecule has 0 saturated carbocycles. The molecule has 0 atom stereocenters. The molecule has 112 valence electrons. The van der Waals surface area contributed by atoms with Crippen molar-refractivity contribution in [2.45, 2.75) is 6.18 Å². The van der Waals surface area contributed by atoms with Gasteiger partial charge in [0.1, 0.15) is 0 Å². The Balaban J connectivity index is 2.30. The van der Waals surface area contributed by atoms with Crippen molar-refractivity contribution in [3.63, 3.8) is 0 Å². The van der Waals surface area contributed by atoms with Gasteiger partial charge in [-0.15, -0.1) is 0 Å². The average Bonchev–Trinajstić information content (AvgIpc) is 2.46. The number of hydrogen-bond donors (Lipinski definition) is 3. The number of methoxy groups -OCH3 is 1. The first-order valence-electron chi connectivity index (χ1n) is 5.63. The third kappa shape index (κ3) is 3.69. The molecule has 10 heteroatoms. The molecule has 0 unspecified atom stereocenters. The van der Waals surface area contributed by atoms with Crippen LogP contribution < -0.4 is 21.3 Å². The summed E-state index contributed by atoms with van der Waals surface area (Å²) in [5.41, 5.74) is 1.58. The Morgan fingerprint density at radius 1 is 1.14 bits per heavy atom.